The molecule has 1 heterocycles. The number of rotatable bonds is 7. The topological polar surface area (TPSA) is 167 Å². The maximum Gasteiger partial charge on any atom is 0.287 e. The zero-order chi connectivity index (χ0) is 27.3. The summed E-state index contributed by atoms with van der Waals surface area (Å²) in [5.74, 6) is -2.20. The number of benzene rings is 2. The number of nitrogens with one attached hydrogen (secondary N) is 3. The summed E-state index contributed by atoms with van der Waals surface area (Å²) in [6.07, 6.45) is 1.47. The molecule has 10 nitrogen and oxygen atoms in total. The highest BCUT2D eigenvalue weighted by atomic mass is 16.3. The lowest BCUT2D eigenvalue weighted by Gasteiger charge is -2.30. The molecular weight excluding hydrogens is 472 g/mol. The molecule has 3 rings (SSSR count). The van der Waals surface area contributed by atoms with Gasteiger partial charge < -0.3 is 21.3 Å². The molecule has 0 aliphatic carbocycles. The number of hydrogen-bond acceptors (Lipinski definition) is 7. The van der Waals surface area contributed by atoms with Gasteiger partial charge in [0.1, 0.15) is 17.3 Å². The fourth-order valence-electron chi connectivity index (χ4n) is 4.47. The summed E-state index contributed by atoms with van der Waals surface area (Å²) < 4.78 is 0. The molecule has 1 aliphatic heterocycles. The number of carbonyl (C=O) groups excluding carboxylic acids is 2. The van der Waals surface area contributed by atoms with Gasteiger partial charge in [0, 0.05) is 30.8 Å². The van der Waals surface area contributed by atoms with Crippen LogP contribution in [0.25, 0.3) is 0 Å². The van der Waals surface area contributed by atoms with Crippen molar-refractivity contribution in [3.8, 4) is 11.5 Å². The van der Waals surface area contributed by atoms with E-state index in [0.717, 1.165) is 31.5 Å². The number of likely N-dealkylation sites (N-methyl/N-ethyl adjacent to an activating group) is 1. The Kier molecular flexibility index (Phi) is 8.88. The predicted molar refractivity (Wildman–Crippen MR) is 143 cm³/mol. The van der Waals surface area contributed by atoms with E-state index in [-0.39, 0.29) is 40.6 Å². The van der Waals surface area contributed by atoms with Crippen LogP contribution in [0.4, 0.5) is 5.69 Å². The normalized spacial score (nSPS) is 14.4. The number of carbonyl (C=O) groups is 2. The molecule has 7 N–H and O–H groups in total. The Morgan fingerprint density at radius 2 is 1.73 bits per heavy atom. The van der Waals surface area contributed by atoms with Gasteiger partial charge >= 0.3 is 0 Å². The molecule has 1 aliphatic rings. The van der Waals surface area contributed by atoms with E-state index >= 15 is 0 Å². The Balaban J connectivity index is 1.89. The van der Waals surface area contributed by atoms with Gasteiger partial charge in [-0.15, -0.1) is 0 Å². The third kappa shape index (κ3) is 6.45. The zero-order valence-electron chi connectivity index (χ0n) is 21.5. The van der Waals surface area contributed by atoms with E-state index in [1.807, 2.05) is 26.0 Å². The second-order valence-corrected chi connectivity index (χ2v) is 9.59. The van der Waals surface area contributed by atoms with Crippen molar-refractivity contribution in [1.82, 2.24) is 10.2 Å². The average molecular weight is 509 g/mol. The minimum atomic E-state index is -0.656. The maximum absolute atomic E-state index is 12.6. The smallest absolute Gasteiger partial charge is 0.287 e. The van der Waals surface area contributed by atoms with Gasteiger partial charge in [-0.3, -0.25) is 30.2 Å². The summed E-state index contributed by atoms with van der Waals surface area (Å²) in [5, 5.41) is 40.7. The van der Waals surface area contributed by atoms with Crippen LogP contribution in [-0.2, 0) is 16.1 Å². The highest BCUT2D eigenvalue weighted by Gasteiger charge is 2.27. The quantitative estimate of drug-likeness (QED) is 0.248. The Morgan fingerprint density at radius 3 is 2.27 bits per heavy atom. The molecule has 0 spiro atoms. The monoisotopic (exact) mass is 508 g/mol. The first-order chi connectivity index (χ1) is 17.5. The van der Waals surface area contributed by atoms with Crippen molar-refractivity contribution >= 4 is 29.2 Å². The molecule has 1 fully saturated rings. The number of primary amides is 1. The van der Waals surface area contributed by atoms with Gasteiger partial charge in [-0.2, -0.15) is 0 Å². The SMILES string of the molecule is CCNC(=O)C(=N)N(C(=N)c1cc(C(C)C)c(O)cc1O)c1ccc(CN2CCC(C(N)=O)CC2)cc1. The predicted octanol–water partition coefficient (Wildman–Crippen LogP) is 2.86. The van der Waals surface area contributed by atoms with Crippen LogP contribution in [0.2, 0.25) is 0 Å². The van der Waals surface area contributed by atoms with Crippen LogP contribution >= 0.6 is 0 Å². The van der Waals surface area contributed by atoms with Gasteiger partial charge in [0.15, 0.2) is 5.84 Å². The highest BCUT2D eigenvalue weighted by molar-refractivity contribution is 6.48. The van der Waals surface area contributed by atoms with Gasteiger partial charge in [-0.1, -0.05) is 26.0 Å². The van der Waals surface area contributed by atoms with Crippen molar-refractivity contribution in [1.29, 1.82) is 10.8 Å². The third-order valence-electron chi connectivity index (χ3n) is 6.61. The van der Waals surface area contributed by atoms with Crippen LogP contribution in [0.3, 0.4) is 0 Å². The van der Waals surface area contributed by atoms with Crippen LogP contribution in [0.15, 0.2) is 36.4 Å². The van der Waals surface area contributed by atoms with Gasteiger partial charge in [0.05, 0.1) is 5.56 Å². The van der Waals surface area contributed by atoms with E-state index in [4.69, 9.17) is 16.6 Å². The minimum Gasteiger partial charge on any atom is -0.508 e. The zero-order valence-corrected chi connectivity index (χ0v) is 21.5. The number of amides is 2. The number of aromatic hydroxyl groups is 2. The summed E-state index contributed by atoms with van der Waals surface area (Å²) in [6, 6.07) is 9.90. The van der Waals surface area contributed by atoms with Gasteiger partial charge in [-0.25, -0.2) is 0 Å². The van der Waals surface area contributed by atoms with Gasteiger partial charge in [0.25, 0.3) is 5.91 Å². The molecule has 2 aromatic rings. The maximum atomic E-state index is 12.6. The summed E-state index contributed by atoms with van der Waals surface area (Å²) in [5.41, 5.74) is 7.48. The Labute approximate surface area is 217 Å². The Morgan fingerprint density at radius 1 is 1.11 bits per heavy atom. The molecule has 37 heavy (non-hydrogen) atoms. The number of hydrogen-bond donors (Lipinski definition) is 6. The molecule has 10 heteroatoms. The summed E-state index contributed by atoms with van der Waals surface area (Å²) >= 11 is 0. The minimum absolute atomic E-state index is 0.0734. The average Bonchev–Trinajstić information content (AvgIpc) is 2.85. The molecule has 2 amide bonds. The van der Waals surface area contributed by atoms with Crippen molar-refractivity contribution in [2.24, 2.45) is 11.7 Å². The molecule has 2 aromatic carbocycles. The summed E-state index contributed by atoms with van der Waals surface area (Å²) in [4.78, 5) is 27.4. The fourth-order valence-corrected chi connectivity index (χ4v) is 4.47. The molecule has 0 aromatic heterocycles. The van der Waals surface area contributed by atoms with Gasteiger partial charge in [-0.05, 0) is 68.1 Å². The lowest BCUT2D eigenvalue weighted by Crippen LogP contribution is -2.46. The highest BCUT2D eigenvalue weighted by Crippen LogP contribution is 2.34. The number of phenolic OH excluding ortho intramolecular Hbond substituents is 2. The van der Waals surface area contributed by atoms with Crippen molar-refractivity contribution < 1.29 is 19.8 Å². The number of nitrogens with zero attached hydrogens (tertiary/aromatic N) is 2. The first kappa shape index (κ1) is 27.7. The van der Waals surface area contributed by atoms with E-state index in [0.29, 0.717) is 24.3 Å². The lowest BCUT2D eigenvalue weighted by molar-refractivity contribution is -0.123. The molecule has 0 saturated carbocycles. The molecule has 0 atom stereocenters. The van der Waals surface area contributed by atoms with Crippen LogP contribution < -0.4 is 16.0 Å². The molecule has 0 radical (unpaired) electrons. The fraction of sp³-hybridized carbons (Fsp3) is 0.407. The second-order valence-electron chi connectivity index (χ2n) is 9.59. The number of phenols is 2. The molecule has 198 valence electrons. The van der Waals surface area contributed by atoms with Crippen LogP contribution in [0.5, 0.6) is 11.5 Å². The number of likely N-dealkylation sites (tertiary alicyclic amines) is 1. The molecule has 1 saturated heterocycles. The van der Waals surface area contributed by atoms with Gasteiger partial charge in [0.2, 0.25) is 5.91 Å². The number of nitrogens with two attached hydrogens (primary N) is 1. The summed E-state index contributed by atoms with van der Waals surface area (Å²) in [6.45, 7) is 8.02. The third-order valence-corrected chi connectivity index (χ3v) is 6.61. The van der Waals surface area contributed by atoms with Crippen LogP contribution in [0.1, 0.15) is 56.2 Å². The Bertz CT molecular complexity index is 1170. The number of anilines is 1. The number of piperidine rings is 1. The molecular formula is C27H36N6O4. The lowest BCUT2D eigenvalue weighted by atomic mass is 9.96. The van der Waals surface area contributed by atoms with Crippen molar-refractivity contribution in [2.75, 3.05) is 24.5 Å². The van der Waals surface area contributed by atoms with Crippen molar-refractivity contribution in [2.45, 2.75) is 46.1 Å². The molecule has 0 unspecified atom stereocenters. The molecule has 0 bridgehead atoms. The van der Waals surface area contributed by atoms with E-state index < -0.39 is 11.7 Å². The Hall–Kier alpha value is -3.92. The van der Waals surface area contributed by atoms with E-state index in [9.17, 15) is 19.8 Å². The van der Waals surface area contributed by atoms with E-state index in [1.54, 1.807) is 19.1 Å². The first-order valence-electron chi connectivity index (χ1n) is 12.5. The first-order valence-corrected chi connectivity index (χ1v) is 12.5. The van der Waals surface area contributed by atoms with Crippen LogP contribution in [-0.4, -0.2) is 58.2 Å². The second kappa shape index (κ2) is 11.9. The van der Waals surface area contributed by atoms with Crippen molar-refractivity contribution in [3.63, 3.8) is 0 Å². The van der Waals surface area contributed by atoms with E-state index in [2.05, 4.69) is 10.2 Å². The van der Waals surface area contributed by atoms with Crippen molar-refractivity contribution in [3.05, 3.63) is 53.1 Å². The largest absolute Gasteiger partial charge is 0.508 e. The van der Waals surface area contributed by atoms with Crippen LogP contribution in [0, 0.1) is 16.7 Å². The van der Waals surface area contributed by atoms with E-state index in [1.165, 1.54) is 17.0 Å². The standard InChI is InChI=1S/C27H36N6O4/c1-4-31-27(37)25(29)33(24(28)21-13-20(16(2)3)22(34)14-23(21)35)19-7-5-17(6-8-19)15-32-11-9-18(10-12-32)26(30)36/h5-8,13-14,16,18,28-29,34-35H,4,9-12,15H2,1-3H3,(H2,30,36)(H,31,37). The number of amidine groups is 2. The summed E-state index contributed by atoms with van der Waals surface area (Å²) in [7, 11) is 0.